The minimum atomic E-state index is -0.0724. The third-order valence-electron chi connectivity index (χ3n) is 4.13. The molecule has 3 unspecified atom stereocenters. The average Bonchev–Trinajstić information content (AvgIpc) is 2.86. The molecule has 19 heavy (non-hydrogen) atoms. The number of nitrogens with one attached hydrogen (secondary N) is 1. The van der Waals surface area contributed by atoms with Gasteiger partial charge < -0.3 is 19.7 Å². The van der Waals surface area contributed by atoms with Crippen LogP contribution in [0.5, 0.6) is 0 Å². The van der Waals surface area contributed by atoms with Gasteiger partial charge in [0.1, 0.15) is 5.70 Å². The zero-order valence-electron chi connectivity index (χ0n) is 12.2. The van der Waals surface area contributed by atoms with Crippen molar-refractivity contribution in [1.82, 2.24) is 10.2 Å². The molecule has 0 bridgehead atoms. The molecule has 5 nitrogen and oxygen atoms in total. The van der Waals surface area contributed by atoms with Crippen LogP contribution in [-0.2, 0) is 14.3 Å². The van der Waals surface area contributed by atoms with Crippen LogP contribution in [0.1, 0.15) is 13.8 Å². The number of carbonyl (C=O) groups excluding carboxylic acids is 1. The fourth-order valence-electron chi connectivity index (χ4n) is 2.52. The molecule has 0 radical (unpaired) electrons. The summed E-state index contributed by atoms with van der Waals surface area (Å²) in [6.07, 6.45) is 1.80. The van der Waals surface area contributed by atoms with Crippen molar-refractivity contribution in [3.63, 3.8) is 0 Å². The van der Waals surface area contributed by atoms with Crippen LogP contribution in [0.4, 0.5) is 0 Å². The van der Waals surface area contributed by atoms with Crippen molar-refractivity contribution in [2.45, 2.75) is 26.0 Å². The minimum Gasteiger partial charge on any atom is -0.381 e. The molecule has 1 aliphatic carbocycles. The minimum absolute atomic E-state index is 0.00681. The van der Waals surface area contributed by atoms with Crippen molar-refractivity contribution in [3.05, 3.63) is 11.8 Å². The van der Waals surface area contributed by atoms with E-state index in [0.717, 1.165) is 19.8 Å². The Balaban J connectivity index is 1.97. The smallest absolute Gasteiger partial charge is 0.267 e. The third-order valence-corrected chi connectivity index (χ3v) is 4.13. The fraction of sp³-hybridized carbons (Fsp3) is 0.786. The van der Waals surface area contributed by atoms with E-state index in [1.807, 2.05) is 31.9 Å². The van der Waals surface area contributed by atoms with Gasteiger partial charge in [-0.15, -0.1) is 0 Å². The van der Waals surface area contributed by atoms with Gasteiger partial charge in [0.15, 0.2) is 0 Å². The van der Waals surface area contributed by atoms with Crippen molar-refractivity contribution in [2.75, 3.05) is 33.9 Å². The van der Waals surface area contributed by atoms with E-state index in [9.17, 15) is 4.79 Å². The lowest BCUT2D eigenvalue weighted by atomic mass is 10.2. The monoisotopic (exact) mass is 268 g/mol. The number of amides is 1. The molecule has 0 aromatic rings. The molecule has 1 amide bonds. The van der Waals surface area contributed by atoms with Crippen LogP contribution in [-0.4, -0.2) is 56.9 Å². The zero-order valence-corrected chi connectivity index (χ0v) is 12.2. The summed E-state index contributed by atoms with van der Waals surface area (Å²) in [6.45, 7) is 6.31. The first-order chi connectivity index (χ1) is 9.08. The highest BCUT2D eigenvalue weighted by molar-refractivity contribution is 5.93. The summed E-state index contributed by atoms with van der Waals surface area (Å²) in [5, 5.41) is 3.12. The Kier molecular flexibility index (Phi) is 4.47. The maximum Gasteiger partial charge on any atom is 0.267 e. The van der Waals surface area contributed by atoms with Gasteiger partial charge in [-0.2, -0.15) is 0 Å². The highest BCUT2D eigenvalue weighted by atomic mass is 16.5. The summed E-state index contributed by atoms with van der Waals surface area (Å²) in [5.41, 5.74) is 0.683. The topological polar surface area (TPSA) is 50.8 Å². The van der Waals surface area contributed by atoms with Crippen LogP contribution in [0.2, 0.25) is 0 Å². The molecular formula is C14H24N2O3. The van der Waals surface area contributed by atoms with Crippen molar-refractivity contribution in [1.29, 1.82) is 0 Å². The highest BCUT2D eigenvalue weighted by Gasteiger charge is 2.54. The van der Waals surface area contributed by atoms with Crippen molar-refractivity contribution in [2.24, 2.45) is 11.8 Å². The number of ether oxygens (including phenoxy) is 2. The molecule has 0 spiro atoms. The SMILES string of the molecule is CCN(C)/C(=C\C(C)OC)C(=O)NC1C2COCC21. The Bertz CT molecular complexity index is 360. The maximum atomic E-state index is 12.4. The number of methoxy groups -OCH3 is 1. The molecule has 1 N–H and O–H groups in total. The number of carbonyl (C=O) groups is 1. The maximum absolute atomic E-state index is 12.4. The third kappa shape index (κ3) is 3.09. The van der Waals surface area contributed by atoms with Gasteiger partial charge in [0.25, 0.3) is 5.91 Å². The molecule has 2 fully saturated rings. The van der Waals surface area contributed by atoms with Crippen LogP contribution in [0.25, 0.3) is 0 Å². The molecule has 2 aliphatic rings. The molecule has 108 valence electrons. The molecule has 0 aromatic carbocycles. The standard InChI is InChI=1S/C14H24N2O3/c1-5-16(3)12(6-9(2)18-4)14(17)15-13-10-7-19-8-11(10)13/h6,9-11,13H,5,7-8H2,1-4H3,(H,15,17)/b12-6-. The molecule has 1 heterocycles. The second-order valence-corrected chi connectivity index (χ2v) is 5.37. The van der Waals surface area contributed by atoms with Gasteiger partial charge in [-0.1, -0.05) is 0 Å². The van der Waals surface area contributed by atoms with Crippen LogP contribution < -0.4 is 5.32 Å². The predicted molar refractivity (Wildman–Crippen MR) is 72.6 cm³/mol. The lowest BCUT2D eigenvalue weighted by Gasteiger charge is -2.22. The Labute approximate surface area is 114 Å². The lowest BCUT2D eigenvalue weighted by molar-refractivity contribution is -0.119. The Hall–Kier alpha value is -1.07. The normalized spacial score (nSPS) is 30.7. The van der Waals surface area contributed by atoms with Crippen LogP contribution >= 0.6 is 0 Å². The van der Waals surface area contributed by atoms with Crippen molar-refractivity contribution < 1.29 is 14.3 Å². The fourth-order valence-corrected chi connectivity index (χ4v) is 2.52. The molecule has 1 saturated carbocycles. The van der Waals surface area contributed by atoms with E-state index in [0.29, 0.717) is 23.6 Å². The van der Waals surface area contributed by atoms with Gasteiger partial charge in [-0.05, 0) is 19.9 Å². The number of hydrogen-bond acceptors (Lipinski definition) is 4. The van der Waals surface area contributed by atoms with E-state index >= 15 is 0 Å². The summed E-state index contributed by atoms with van der Waals surface area (Å²) < 4.78 is 10.6. The summed E-state index contributed by atoms with van der Waals surface area (Å²) in [4.78, 5) is 14.3. The molecule has 0 aromatic heterocycles. The second-order valence-electron chi connectivity index (χ2n) is 5.37. The quantitative estimate of drug-likeness (QED) is 0.717. The van der Waals surface area contributed by atoms with E-state index in [4.69, 9.17) is 9.47 Å². The zero-order chi connectivity index (χ0) is 14.0. The molecule has 1 saturated heterocycles. The van der Waals surface area contributed by atoms with E-state index in [2.05, 4.69) is 5.32 Å². The molecule has 3 atom stereocenters. The number of fused-ring (bicyclic) bond motifs is 1. The Morgan fingerprint density at radius 3 is 2.68 bits per heavy atom. The van der Waals surface area contributed by atoms with Gasteiger partial charge >= 0.3 is 0 Å². The molecular weight excluding hydrogens is 244 g/mol. The van der Waals surface area contributed by atoms with E-state index in [1.54, 1.807) is 7.11 Å². The summed E-state index contributed by atoms with van der Waals surface area (Å²) in [7, 11) is 3.57. The lowest BCUT2D eigenvalue weighted by Crippen LogP contribution is -2.37. The molecule has 1 aliphatic heterocycles. The van der Waals surface area contributed by atoms with Gasteiger partial charge in [-0.3, -0.25) is 4.79 Å². The first kappa shape index (κ1) is 14.3. The second kappa shape index (κ2) is 5.92. The Morgan fingerprint density at radius 2 is 2.16 bits per heavy atom. The van der Waals surface area contributed by atoms with Crippen molar-refractivity contribution >= 4 is 5.91 Å². The average molecular weight is 268 g/mol. The summed E-state index contributed by atoms with van der Waals surface area (Å²) in [6, 6.07) is 0.299. The number of nitrogens with zero attached hydrogens (tertiary/aromatic N) is 1. The first-order valence-corrected chi connectivity index (χ1v) is 6.92. The highest BCUT2D eigenvalue weighted by Crippen LogP contribution is 2.44. The van der Waals surface area contributed by atoms with Gasteiger partial charge in [-0.25, -0.2) is 0 Å². The van der Waals surface area contributed by atoms with Gasteiger partial charge in [0, 0.05) is 38.6 Å². The largest absolute Gasteiger partial charge is 0.381 e. The number of rotatable bonds is 6. The molecule has 5 heteroatoms. The van der Waals surface area contributed by atoms with Crippen molar-refractivity contribution in [3.8, 4) is 0 Å². The Morgan fingerprint density at radius 1 is 1.53 bits per heavy atom. The van der Waals surface area contributed by atoms with E-state index in [1.165, 1.54) is 0 Å². The van der Waals surface area contributed by atoms with Gasteiger partial charge in [0.05, 0.1) is 19.3 Å². The number of hydrogen-bond donors (Lipinski definition) is 1. The number of likely N-dealkylation sites (N-methyl/N-ethyl adjacent to an activating group) is 1. The summed E-state index contributed by atoms with van der Waals surface area (Å²) in [5.74, 6) is 1.04. The molecule has 2 rings (SSSR count). The first-order valence-electron chi connectivity index (χ1n) is 6.92. The van der Waals surface area contributed by atoms with E-state index < -0.39 is 0 Å². The van der Waals surface area contributed by atoms with Crippen LogP contribution in [0.15, 0.2) is 11.8 Å². The predicted octanol–water partition coefficient (Wildman–Crippen LogP) is 0.618. The van der Waals surface area contributed by atoms with Gasteiger partial charge in [0.2, 0.25) is 0 Å². The van der Waals surface area contributed by atoms with E-state index in [-0.39, 0.29) is 12.0 Å². The van der Waals surface area contributed by atoms with Crippen LogP contribution in [0, 0.1) is 11.8 Å². The summed E-state index contributed by atoms with van der Waals surface area (Å²) >= 11 is 0. The van der Waals surface area contributed by atoms with Crippen LogP contribution in [0.3, 0.4) is 0 Å².